The van der Waals surface area contributed by atoms with E-state index in [1.165, 1.54) is 25.9 Å². The van der Waals surface area contributed by atoms with Crippen LogP contribution in [0.5, 0.6) is 0 Å². The second kappa shape index (κ2) is 6.36. The van der Waals surface area contributed by atoms with E-state index < -0.39 is 0 Å². The number of rotatable bonds is 4. The van der Waals surface area contributed by atoms with E-state index in [0.29, 0.717) is 24.7 Å². The normalized spacial score (nSPS) is 30.3. The van der Waals surface area contributed by atoms with Crippen LogP contribution in [-0.4, -0.2) is 55.8 Å². The highest BCUT2D eigenvalue weighted by molar-refractivity contribution is 5.79. The molecule has 0 amide bonds. The van der Waals surface area contributed by atoms with E-state index in [1.54, 1.807) is 7.11 Å². The Morgan fingerprint density at radius 2 is 2.33 bits per heavy atom. The lowest BCUT2D eigenvalue weighted by Crippen LogP contribution is -2.48. The van der Waals surface area contributed by atoms with Gasteiger partial charge in [0.25, 0.3) is 0 Å². The van der Waals surface area contributed by atoms with E-state index in [1.807, 2.05) is 6.92 Å². The summed E-state index contributed by atoms with van der Waals surface area (Å²) in [6.07, 6.45) is 3.70. The van der Waals surface area contributed by atoms with E-state index in [9.17, 15) is 0 Å². The van der Waals surface area contributed by atoms with E-state index >= 15 is 0 Å². The summed E-state index contributed by atoms with van der Waals surface area (Å²) in [5.74, 6) is 6.21. The van der Waals surface area contributed by atoms with Crippen molar-refractivity contribution in [2.24, 2.45) is 10.8 Å². The predicted octanol–water partition coefficient (Wildman–Crippen LogP) is -0.333. The standard InChI is InChI=1S/C12H25N5O/c1-9(8-18-2)14-12(16-13)15-10-5-7-17-6-3-4-11(10)17/h9-11H,3-8,13H2,1-2H3,(H2,14,15,16). The van der Waals surface area contributed by atoms with Gasteiger partial charge in [-0.1, -0.05) is 0 Å². The number of aliphatic imine (C=N–C) groups is 1. The van der Waals surface area contributed by atoms with Crippen LogP contribution in [0.25, 0.3) is 0 Å². The summed E-state index contributed by atoms with van der Waals surface area (Å²) in [4.78, 5) is 7.27. The van der Waals surface area contributed by atoms with Gasteiger partial charge < -0.3 is 10.1 Å². The van der Waals surface area contributed by atoms with Gasteiger partial charge in [-0.2, -0.15) is 0 Å². The fourth-order valence-electron chi connectivity index (χ4n) is 3.01. The van der Waals surface area contributed by atoms with Crippen LogP contribution in [0.3, 0.4) is 0 Å². The van der Waals surface area contributed by atoms with Crippen molar-refractivity contribution in [3.8, 4) is 0 Å². The Morgan fingerprint density at radius 3 is 3.06 bits per heavy atom. The van der Waals surface area contributed by atoms with Gasteiger partial charge >= 0.3 is 0 Å². The van der Waals surface area contributed by atoms with Crippen LogP contribution in [-0.2, 0) is 4.74 Å². The van der Waals surface area contributed by atoms with Crippen LogP contribution < -0.4 is 16.6 Å². The Morgan fingerprint density at radius 1 is 1.50 bits per heavy atom. The minimum atomic E-state index is 0.200. The third kappa shape index (κ3) is 3.13. The second-order valence-corrected chi connectivity index (χ2v) is 5.22. The van der Waals surface area contributed by atoms with Crippen molar-refractivity contribution < 1.29 is 4.74 Å². The van der Waals surface area contributed by atoms with Crippen LogP contribution in [0.15, 0.2) is 4.99 Å². The number of nitrogens with one attached hydrogen (secondary N) is 2. The lowest BCUT2D eigenvalue weighted by Gasteiger charge is -2.20. The number of nitrogens with two attached hydrogens (primary N) is 1. The minimum absolute atomic E-state index is 0.200. The number of hydrogen-bond acceptors (Lipinski definition) is 4. The second-order valence-electron chi connectivity index (χ2n) is 5.22. The molecule has 104 valence electrons. The van der Waals surface area contributed by atoms with Crippen molar-refractivity contribution in [1.82, 2.24) is 15.6 Å². The number of hydrazine groups is 1. The largest absolute Gasteiger partial charge is 0.383 e. The molecule has 0 aromatic heterocycles. The predicted molar refractivity (Wildman–Crippen MR) is 72.2 cm³/mol. The fourth-order valence-corrected chi connectivity index (χ4v) is 3.01. The van der Waals surface area contributed by atoms with Gasteiger partial charge in [0.05, 0.1) is 12.6 Å². The molecule has 0 aliphatic carbocycles. The van der Waals surface area contributed by atoms with Gasteiger partial charge in [0.15, 0.2) is 0 Å². The average molecular weight is 255 g/mol. The van der Waals surface area contributed by atoms with E-state index in [-0.39, 0.29) is 6.04 Å². The number of ether oxygens (including phenoxy) is 1. The Labute approximate surface area is 109 Å². The first kappa shape index (κ1) is 13.6. The summed E-state index contributed by atoms with van der Waals surface area (Å²) in [6.45, 7) is 5.09. The Bertz CT molecular complexity index is 296. The van der Waals surface area contributed by atoms with Crippen LogP contribution in [0.2, 0.25) is 0 Å². The summed E-state index contributed by atoms with van der Waals surface area (Å²) in [7, 11) is 1.69. The first-order valence-corrected chi connectivity index (χ1v) is 6.78. The van der Waals surface area contributed by atoms with Crippen LogP contribution >= 0.6 is 0 Å². The first-order valence-electron chi connectivity index (χ1n) is 6.78. The SMILES string of the molecule is COCC(C)NC(=NC1CCN2CCCC12)NN. The maximum atomic E-state index is 5.53. The maximum Gasteiger partial charge on any atom is 0.206 e. The van der Waals surface area contributed by atoms with Gasteiger partial charge in [-0.15, -0.1) is 0 Å². The number of methoxy groups -OCH3 is 1. The summed E-state index contributed by atoms with van der Waals surface area (Å²) in [5, 5.41) is 3.24. The topological polar surface area (TPSA) is 74.9 Å². The molecule has 0 radical (unpaired) electrons. The average Bonchev–Trinajstić information content (AvgIpc) is 2.93. The molecule has 0 spiro atoms. The molecule has 2 fully saturated rings. The Balaban J connectivity index is 1.92. The zero-order chi connectivity index (χ0) is 13.0. The molecule has 2 rings (SSSR count). The van der Waals surface area contributed by atoms with Crippen molar-refractivity contribution in [3.63, 3.8) is 0 Å². The lowest BCUT2D eigenvalue weighted by molar-refractivity contribution is 0.179. The molecule has 4 N–H and O–H groups in total. The van der Waals surface area contributed by atoms with E-state index in [2.05, 4.69) is 15.6 Å². The number of hydrogen-bond donors (Lipinski definition) is 3. The summed E-state index contributed by atoms with van der Waals surface area (Å²) in [6, 6.07) is 1.19. The van der Waals surface area contributed by atoms with Crippen molar-refractivity contribution in [3.05, 3.63) is 0 Å². The van der Waals surface area contributed by atoms with Crippen LogP contribution in [0.1, 0.15) is 26.2 Å². The molecule has 0 aromatic carbocycles. The van der Waals surface area contributed by atoms with Crippen molar-refractivity contribution >= 4 is 5.96 Å². The number of fused-ring (bicyclic) bond motifs is 1. The lowest BCUT2D eigenvalue weighted by atomic mass is 10.1. The van der Waals surface area contributed by atoms with Crippen molar-refractivity contribution in [2.75, 3.05) is 26.8 Å². The molecule has 6 nitrogen and oxygen atoms in total. The summed E-state index contributed by atoms with van der Waals surface area (Å²) in [5.41, 5.74) is 2.66. The number of guanidine groups is 1. The van der Waals surface area contributed by atoms with Gasteiger partial charge in [-0.25, -0.2) is 10.8 Å². The molecule has 2 aliphatic heterocycles. The minimum Gasteiger partial charge on any atom is -0.383 e. The van der Waals surface area contributed by atoms with Crippen LogP contribution in [0, 0.1) is 0 Å². The van der Waals surface area contributed by atoms with Crippen molar-refractivity contribution in [2.45, 2.75) is 44.3 Å². The quantitative estimate of drug-likeness (QED) is 0.277. The maximum absolute atomic E-state index is 5.53. The highest BCUT2D eigenvalue weighted by Crippen LogP contribution is 2.29. The Hall–Kier alpha value is -0.850. The van der Waals surface area contributed by atoms with Gasteiger partial charge in [0, 0.05) is 25.7 Å². The molecule has 0 aromatic rings. The third-order valence-electron chi connectivity index (χ3n) is 3.80. The molecule has 0 saturated carbocycles. The molecule has 2 heterocycles. The molecule has 6 heteroatoms. The number of nitrogens with zero attached hydrogens (tertiary/aromatic N) is 2. The molecule has 3 unspecified atom stereocenters. The molecule has 2 aliphatic rings. The van der Waals surface area contributed by atoms with Gasteiger partial charge in [-0.05, 0) is 32.7 Å². The van der Waals surface area contributed by atoms with Crippen molar-refractivity contribution in [1.29, 1.82) is 0 Å². The van der Waals surface area contributed by atoms with E-state index in [4.69, 9.17) is 15.6 Å². The highest BCUT2D eigenvalue weighted by atomic mass is 16.5. The van der Waals surface area contributed by atoms with Gasteiger partial charge in [0.2, 0.25) is 5.96 Å². The highest BCUT2D eigenvalue weighted by Gasteiger charge is 2.37. The Kier molecular flexibility index (Phi) is 4.79. The molecule has 3 atom stereocenters. The first-order chi connectivity index (χ1) is 8.74. The summed E-state index contributed by atoms with van der Waals surface area (Å²) >= 11 is 0. The zero-order valence-corrected chi connectivity index (χ0v) is 11.4. The monoisotopic (exact) mass is 255 g/mol. The zero-order valence-electron chi connectivity index (χ0n) is 11.4. The summed E-state index contributed by atoms with van der Waals surface area (Å²) < 4.78 is 5.09. The third-order valence-corrected chi connectivity index (χ3v) is 3.80. The molecular weight excluding hydrogens is 230 g/mol. The fraction of sp³-hybridized carbons (Fsp3) is 0.917. The molecule has 0 bridgehead atoms. The van der Waals surface area contributed by atoms with E-state index in [0.717, 1.165) is 6.42 Å². The molecular formula is C12H25N5O. The van der Waals surface area contributed by atoms with Gasteiger partial charge in [0.1, 0.15) is 0 Å². The smallest absolute Gasteiger partial charge is 0.206 e. The van der Waals surface area contributed by atoms with Crippen LogP contribution in [0.4, 0.5) is 0 Å². The molecule has 18 heavy (non-hydrogen) atoms. The van der Waals surface area contributed by atoms with Gasteiger partial charge in [-0.3, -0.25) is 10.3 Å². The molecule has 2 saturated heterocycles.